The minimum Gasteiger partial charge on any atom is -0.357 e. The van der Waals surface area contributed by atoms with Gasteiger partial charge in [0, 0.05) is 44.4 Å². The molecule has 0 aliphatic heterocycles. The minimum atomic E-state index is 0.592. The van der Waals surface area contributed by atoms with Gasteiger partial charge in [0.25, 0.3) is 0 Å². The van der Waals surface area contributed by atoms with E-state index >= 15 is 0 Å². The van der Waals surface area contributed by atoms with E-state index < -0.39 is 0 Å². The number of hydrogen-bond donors (Lipinski definition) is 2. The molecule has 0 aliphatic rings. The molecule has 6 heteroatoms. The zero-order valence-electron chi connectivity index (χ0n) is 14.5. The van der Waals surface area contributed by atoms with Crippen LogP contribution in [0.1, 0.15) is 12.5 Å². The molecule has 0 bridgehead atoms. The van der Waals surface area contributed by atoms with Gasteiger partial charge in [0.1, 0.15) is 0 Å². The molecule has 2 N–H and O–H groups in total. The number of benzene rings is 1. The topological polar surface area (TPSA) is 59.2 Å². The summed E-state index contributed by atoms with van der Waals surface area (Å²) in [6.07, 6.45) is 7.86. The lowest BCUT2D eigenvalue weighted by atomic mass is 10.2. The second-order valence-corrected chi connectivity index (χ2v) is 5.62. The second-order valence-electron chi connectivity index (χ2n) is 5.62. The standard InChI is InChI=1S/C19H24N6/c1-2-20-19(21-11-15-24-12-5-6-13-24)22-16-17-8-3-4-9-18(17)25-14-7-10-23-25/h3-10,12-14H,2,11,15-16H2,1H3,(H2,20,21,22). The average molecular weight is 336 g/mol. The van der Waals surface area contributed by atoms with E-state index in [2.05, 4.69) is 51.7 Å². The Labute approximate surface area is 148 Å². The van der Waals surface area contributed by atoms with Crippen LogP contribution < -0.4 is 10.6 Å². The van der Waals surface area contributed by atoms with Crippen LogP contribution in [0.5, 0.6) is 0 Å². The number of aliphatic imine (C=N–C) groups is 1. The maximum absolute atomic E-state index is 4.72. The Kier molecular flexibility index (Phi) is 5.87. The number of nitrogens with one attached hydrogen (secondary N) is 2. The SMILES string of the molecule is CCNC(=NCc1ccccc1-n1cccn1)NCCn1cccc1. The summed E-state index contributed by atoms with van der Waals surface area (Å²) in [5, 5.41) is 11.0. The summed E-state index contributed by atoms with van der Waals surface area (Å²) >= 11 is 0. The van der Waals surface area contributed by atoms with Gasteiger partial charge in [-0.25, -0.2) is 9.67 Å². The van der Waals surface area contributed by atoms with Crippen LogP contribution in [0.4, 0.5) is 0 Å². The number of guanidine groups is 1. The Bertz CT molecular complexity index is 774. The molecule has 6 nitrogen and oxygen atoms in total. The van der Waals surface area contributed by atoms with Crippen molar-refractivity contribution < 1.29 is 0 Å². The van der Waals surface area contributed by atoms with Gasteiger partial charge in [-0.05, 0) is 36.8 Å². The zero-order valence-corrected chi connectivity index (χ0v) is 14.5. The summed E-state index contributed by atoms with van der Waals surface area (Å²) in [6.45, 7) is 5.22. The lowest BCUT2D eigenvalue weighted by molar-refractivity contribution is 0.665. The maximum Gasteiger partial charge on any atom is 0.191 e. The van der Waals surface area contributed by atoms with Gasteiger partial charge in [-0.2, -0.15) is 5.10 Å². The average Bonchev–Trinajstić information content (AvgIpc) is 3.34. The molecule has 2 aromatic heterocycles. The maximum atomic E-state index is 4.72. The van der Waals surface area contributed by atoms with Crippen molar-refractivity contribution in [3.8, 4) is 5.69 Å². The Balaban J connectivity index is 1.65. The number of rotatable bonds is 7. The summed E-state index contributed by atoms with van der Waals surface area (Å²) in [5.74, 6) is 0.824. The summed E-state index contributed by atoms with van der Waals surface area (Å²) in [7, 11) is 0. The normalized spacial score (nSPS) is 11.5. The van der Waals surface area contributed by atoms with Crippen molar-refractivity contribution in [3.05, 3.63) is 72.8 Å². The summed E-state index contributed by atoms with van der Waals surface area (Å²) in [6, 6.07) is 14.2. The van der Waals surface area contributed by atoms with E-state index in [-0.39, 0.29) is 0 Å². The van der Waals surface area contributed by atoms with Gasteiger partial charge < -0.3 is 15.2 Å². The Hall–Kier alpha value is -3.02. The lowest BCUT2D eigenvalue weighted by Gasteiger charge is -2.13. The van der Waals surface area contributed by atoms with E-state index in [0.717, 1.165) is 36.8 Å². The highest BCUT2D eigenvalue weighted by molar-refractivity contribution is 5.79. The van der Waals surface area contributed by atoms with Crippen LogP contribution in [0.2, 0.25) is 0 Å². The highest BCUT2D eigenvalue weighted by Gasteiger charge is 2.04. The number of hydrogen-bond acceptors (Lipinski definition) is 2. The van der Waals surface area contributed by atoms with Crippen LogP contribution in [-0.4, -0.2) is 33.4 Å². The largest absolute Gasteiger partial charge is 0.357 e. The molecule has 130 valence electrons. The highest BCUT2D eigenvalue weighted by Crippen LogP contribution is 2.14. The number of aromatic nitrogens is 3. The Morgan fingerprint density at radius 1 is 1.04 bits per heavy atom. The van der Waals surface area contributed by atoms with E-state index in [4.69, 9.17) is 4.99 Å². The Morgan fingerprint density at radius 3 is 2.64 bits per heavy atom. The van der Waals surface area contributed by atoms with E-state index in [0.29, 0.717) is 6.54 Å². The molecular formula is C19H24N6. The first kappa shape index (κ1) is 16.8. The van der Waals surface area contributed by atoms with Crippen molar-refractivity contribution in [2.45, 2.75) is 20.0 Å². The molecule has 0 amide bonds. The van der Waals surface area contributed by atoms with Gasteiger partial charge in [-0.3, -0.25) is 0 Å². The fraction of sp³-hybridized carbons (Fsp3) is 0.263. The van der Waals surface area contributed by atoms with Crippen molar-refractivity contribution in [2.24, 2.45) is 4.99 Å². The molecule has 25 heavy (non-hydrogen) atoms. The van der Waals surface area contributed by atoms with Crippen molar-refractivity contribution in [2.75, 3.05) is 13.1 Å². The third-order valence-corrected chi connectivity index (χ3v) is 3.82. The zero-order chi connectivity index (χ0) is 17.3. The van der Waals surface area contributed by atoms with Gasteiger partial charge in [0.2, 0.25) is 0 Å². The minimum absolute atomic E-state index is 0.592. The van der Waals surface area contributed by atoms with Crippen molar-refractivity contribution in [3.63, 3.8) is 0 Å². The van der Waals surface area contributed by atoms with Gasteiger partial charge >= 0.3 is 0 Å². The molecule has 3 rings (SSSR count). The van der Waals surface area contributed by atoms with Crippen molar-refractivity contribution in [1.82, 2.24) is 25.0 Å². The van der Waals surface area contributed by atoms with Crippen LogP contribution in [0.15, 0.2) is 72.2 Å². The van der Waals surface area contributed by atoms with Crippen LogP contribution in [-0.2, 0) is 13.1 Å². The quantitative estimate of drug-likeness (QED) is 0.515. The summed E-state index contributed by atoms with van der Waals surface area (Å²) < 4.78 is 4.01. The Morgan fingerprint density at radius 2 is 1.88 bits per heavy atom. The third-order valence-electron chi connectivity index (χ3n) is 3.82. The van der Waals surface area contributed by atoms with Gasteiger partial charge in [-0.1, -0.05) is 18.2 Å². The van der Waals surface area contributed by atoms with Crippen LogP contribution in [0, 0.1) is 0 Å². The monoisotopic (exact) mass is 336 g/mol. The summed E-state index contributed by atoms with van der Waals surface area (Å²) in [4.78, 5) is 4.72. The molecule has 0 radical (unpaired) electrons. The first-order chi connectivity index (χ1) is 12.4. The fourth-order valence-corrected chi connectivity index (χ4v) is 2.61. The van der Waals surface area contributed by atoms with E-state index in [9.17, 15) is 0 Å². The van der Waals surface area contributed by atoms with Crippen molar-refractivity contribution in [1.29, 1.82) is 0 Å². The van der Waals surface area contributed by atoms with Crippen LogP contribution in [0.3, 0.4) is 0 Å². The fourth-order valence-electron chi connectivity index (χ4n) is 2.61. The summed E-state index contributed by atoms with van der Waals surface area (Å²) in [5.41, 5.74) is 2.19. The van der Waals surface area contributed by atoms with Crippen molar-refractivity contribution >= 4 is 5.96 Å². The molecular weight excluding hydrogens is 312 g/mol. The molecule has 0 saturated carbocycles. The van der Waals surface area contributed by atoms with E-state index in [1.807, 2.05) is 41.2 Å². The molecule has 0 spiro atoms. The number of nitrogens with zero attached hydrogens (tertiary/aromatic N) is 4. The third kappa shape index (κ3) is 4.73. The second kappa shape index (κ2) is 8.73. The molecule has 0 saturated heterocycles. The van der Waals surface area contributed by atoms with Crippen LogP contribution >= 0.6 is 0 Å². The molecule has 2 heterocycles. The predicted octanol–water partition coefficient (Wildman–Crippen LogP) is 2.43. The van der Waals surface area contributed by atoms with Gasteiger partial charge in [0.05, 0.1) is 12.2 Å². The first-order valence-corrected chi connectivity index (χ1v) is 8.57. The lowest BCUT2D eigenvalue weighted by Crippen LogP contribution is -2.38. The molecule has 3 aromatic rings. The molecule has 0 aliphatic carbocycles. The molecule has 0 atom stereocenters. The van der Waals surface area contributed by atoms with Gasteiger partial charge in [0.15, 0.2) is 5.96 Å². The van der Waals surface area contributed by atoms with E-state index in [1.54, 1.807) is 6.20 Å². The van der Waals surface area contributed by atoms with Crippen LogP contribution in [0.25, 0.3) is 5.69 Å². The molecule has 1 aromatic carbocycles. The highest BCUT2D eigenvalue weighted by atomic mass is 15.3. The number of para-hydroxylation sites is 1. The predicted molar refractivity (Wildman–Crippen MR) is 101 cm³/mol. The molecule has 0 unspecified atom stereocenters. The molecule has 0 fully saturated rings. The van der Waals surface area contributed by atoms with E-state index in [1.165, 1.54) is 0 Å². The van der Waals surface area contributed by atoms with Gasteiger partial charge in [-0.15, -0.1) is 0 Å². The smallest absolute Gasteiger partial charge is 0.191 e. The first-order valence-electron chi connectivity index (χ1n) is 8.57.